The fourth-order valence-electron chi connectivity index (χ4n) is 2.93. The van der Waals surface area contributed by atoms with E-state index in [1.54, 1.807) is 0 Å². The number of unbranched alkanes of at least 4 members (excludes halogenated alkanes) is 4. The van der Waals surface area contributed by atoms with E-state index in [0.29, 0.717) is 19.1 Å². The Labute approximate surface area is 141 Å². The number of rotatable bonds is 10. The lowest BCUT2D eigenvalue weighted by atomic mass is 9.82. The van der Waals surface area contributed by atoms with Crippen molar-refractivity contribution in [2.45, 2.75) is 78.6 Å². The summed E-state index contributed by atoms with van der Waals surface area (Å²) in [6.07, 6.45) is 8.77. The smallest absolute Gasteiger partial charge is 0.308 e. The van der Waals surface area contributed by atoms with Crippen molar-refractivity contribution in [1.82, 2.24) is 0 Å². The van der Waals surface area contributed by atoms with E-state index < -0.39 is 0 Å². The average molecular weight is 326 g/mol. The maximum absolute atomic E-state index is 12.0. The molecule has 0 aromatic carbocycles. The van der Waals surface area contributed by atoms with Gasteiger partial charge in [-0.05, 0) is 38.0 Å². The van der Waals surface area contributed by atoms with Crippen LogP contribution in [0, 0.1) is 17.8 Å². The van der Waals surface area contributed by atoms with Crippen LogP contribution in [0.15, 0.2) is 0 Å². The number of carbonyl (C=O) groups excluding carboxylic acids is 2. The summed E-state index contributed by atoms with van der Waals surface area (Å²) in [6.45, 7) is 7.28. The Morgan fingerprint density at radius 3 is 1.91 bits per heavy atom. The zero-order valence-electron chi connectivity index (χ0n) is 15.1. The molecule has 0 radical (unpaired) electrons. The maximum atomic E-state index is 12.0. The van der Waals surface area contributed by atoms with Gasteiger partial charge in [-0.2, -0.15) is 0 Å². The van der Waals surface area contributed by atoms with Crippen molar-refractivity contribution < 1.29 is 19.1 Å². The van der Waals surface area contributed by atoms with E-state index in [1.807, 2.05) is 13.8 Å². The Bertz CT molecular complexity index is 343. The third-order valence-electron chi connectivity index (χ3n) is 4.44. The van der Waals surface area contributed by atoms with Crippen LogP contribution in [0.5, 0.6) is 0 Å². The van der Waals surface area contributed by atoms with Gasteiger partial charge in [-0.15, -0.1) is 0 Å². The first kappa shape index (κ1) is 20.0. The van der Waals surface area contributed by atoms with Gasteiger partial charge < -0.3 is 9.47 Å². The zero-order chi connectivity index (χ0) is 17.1. The first-order valence-corrected chi connectivity index (χ1v) is 9.37. The molecule has 0 N–H and O–H groups in total. The second-order valence-electron chi connectivity index (χ2n) is 7.15. The van der Waals surface area contributed by atoms with E-state index >= 15 is 0 Å². The second-order valence-corrected chi connectivity index (χ2v) is 7.15. The maximum Gasteiger partial charge on any atom is 0.308 e. The predicted octanol–water partition coefficient (Wildman–Crippen LogP) is 4.51. The first-order valence-electron chi connectivity index (χ1n) is 9.37. The highest BCUT2D eigenvalue weighted by molar-refractivity contribution is 5.75. The molecule has 23 heavy (non-hydrogen) atoms. The van der Waals surface area contributed by atoms with Crippen molar-refractivity contribution >= 4 is 11.9 Å². The molecule has 1 fully saturated rings. The van der Waals surface area contributed by atoms with E-state index in [9.17, 15) is 9.59 Å². The molecule has 0 saturated heterocycles. The van der Waals surface area contributed by atoms with Crippen LogP contribution in [0.2, 0.25) is 0 Å². The fraction of sp³-hybridized carbons (Fsp3) is 0.895. The van der Waals surface area contributed by atoms with E-state index in [1.165, 1.54) is 19.3 Å². The molecule has 0 atom stereocenters. The Morgan fingerprint density at radius 2 is 1.39 bits per heavy atom. The Morgan fingerprint density at radius 1 is 0.870 bits per heavy atom. The van der Waals surface area contributed by atoms with Gasteiger partial charge in [-0.1, -0.05) is 46.5 Å². The van der Waals surface area contributed by atoms with Gasteiger partial charge in [-0.3, -0.25) is 9.59 Å². The Balaban J connectivity index is 2.14. The van der Waals surface area contributed by atoms with Crippen molar-refractivity contribution in [2.24, 2.45) is 17.8 Å². The molecule has 0 bridgehead atoms. The molecule has 134 valence electrons. The largest absolute Gasteiger partial charge is 0.465 e. The highest BCUT2D eigenvalue weighted by Crippen LogP contribution is 2.30. The fourth-order valence-corrected chi connectivity index (χ4v) is 2.93. The van der Waals surface area contributed by atoms with Crippen molar-refractivity contribution in [3.05, 3.63) is 0 Å². The van der Waals surface area contributed by atoms with E-state index in [2.05, 4.69) is 6.92 Å². The van der Waals surface area contributed by atoms with Crippen molar-refractivity contribution in [2.75, 3.05) is 13.2 Å². The van der Waals surface area contributed by atoms with Crippen molar-refractivity contribution in [1.29, 1.82) is 0 Å². The molecule has 0 aromatic rings. The summed E-state index contributed by atoms with van der Waals surface area (Å²) >= 11 is 0. The predicted molar refractivity (Wildman–Crippen MR) is 91.0 cm³/mol. The molecule has 0 unspecified atom stereocenters. The number of carbonyl (C=O) groups is 2. The highest BCUT2D eigenvalue weighted by Gasteiger charge is 2.31. The molecule has 1 aliphatic rings. The zero-order valence-corrected chi connectivity index (χ0v) is 15.1. The van der Waals surface area contributed by atoms with Crippen LogP contribution in [0.4, 0.5) is 0 Å². The highest BCUT2D eigenvalue weighted by atomic mass is 16.5. The van der Waals surface area contributed by atoms with Crippen LogP contribution >= 0.6 is 0 Å². The minimum absolute atomic E-state index is 0.0280. The van der Waals surface area contributed by atoms with Crippen molar-refractivity contribution in [3.63, 3.8) is 0 Å². The number of hydrogen-bond donors (Lipinski definition) is 0. The summed E-state index contributed by atoms with van der Waals surface area (Å²) < 4.78 is 10.7. The summed E-state index contributed by atoms with van der Waals surface area (Å²) in [7, 11) is 0. The van der Waals surface area contributed by atoms with Crippen LogP contribution in [-0.4, -0.2) is 25.2 Å². The monoisotopic (exact) mass is 326 g/mol. The van der Waals surface area contributed by atoms with Gasteiger partial charge in [0, 0.05) is 0 Å². The average Bonchev–Trinajstić information content (AvgIpc) is 2.55. The second kappa shape index (κ2) is 11.5. The quantitative estimate of drug-likeness (QED) is 0.438. The van der Waals surface area contributed by atoms with Crippen molar-refractivity contribution in [3.8, 4) is 0 Å². The van der Waals surface area contributed by atoms with Crippen LogP contribution < -0.4 is 0 Å². The molecule has 1 saturated carbocycles. The lowest BCUT2D eigenvalue weighted by Crippen LogP contribution is -2.29. The molecule has 0 amide bonds. The summed E-state index contributed by atoms with van der Waals surface area (Å²) in [4.78, 5) is 24.0. The van der Waals surface area contributed by atoms with Gasteiger partial charge in [-0.25, -0.2) is 0 Å². The van der Waals surface area contributed by atoms with Crippen LogP contribution in [0.1, 0.15) is 78.6 Å². The Kier molecular flexibility index (Phi) is 9.97. The summed E-state index contributed by atoms with van der Waals surface area (Å²) in [6, 6.07) is 0. The number of ether oxygens (including phenoxy) is 2. The molecule has 0 aliphatic heterocycles. The van der Waals surface area contributed by atoms with Crippen LogP contribution in [0.25, 0.3) is 0 Å². The molecule has 4 heteroatoms. The molecule has 4 nitrogen and oxygen atoms in total. The first-order chi connectivity index (χ1) is 11.0. The third-order valence-corrected chi connectivity index (χ3v) is 4.44. The lowest BCUT2D eigenvalue weighted by molar-refractivity contribution is -0.155. The van der Waals surface area contributed by atoms with E-state index in [4.69, 9.17) is 9.47 Å². The normalized spacial score (nSPS) is 21.2. The molecule has 0 heterocycles. The molecule has 0 spiro atoms. The SMILES string of the molecule is CCCCCCCOC(=O)C1CCC(C(=O)OCC(C)C)CC1. The Hall–Kier alpha value is -1.06. The van der Waals surface area contributed by atoms with Gasteiger partial charge in [0.2, 0.25) is 0 Å². The van der Waals surface area contributed by atoms with Gasteiger partial charge in [0.15, 0.2) is 0 Å². The molecule has 0 aromatic heterocycles. The summed E-state index contributed by atoms with van der Waals surface area (Å²) in [5.74, 6) is 0.130. The summed E-state index contributed by atoms with van der Waals surface area (Å²) in [5, 5.41) is 0. The van der Waals surface area contributed by atoms with Gasteiger partial charge in [0.05, 0.1) is 25.0 Å². The molecule has 1 aliphatic carbocycles. The van der Waals surface area contributed by atoms with Gasteiger partial charge in [0.1, 0.15) is 0 Å². The van der Waals surface area contributed by atoms with E-state index in [-0.39, 0.29) is 23.8 Å². The lowest BCUT2D eigenvalue weighted by Gasteiger charge is -2.26. The minimum atomic E-state index is -0.0959. The molecular weight excluding hydrogens is 292 g/mol. The third kappa shape index (κ3) is 8.38. The van der Waals surface area contributed by atoms with Crippen LogP contribution in [0.3, 0.4) is 0 Å². The van der Waals surface area contributed by atoms with Gasteiger partial charge >= 0.3 is 11.9 Å². The summed E-state index contributed by atoms with van der Waals surface area (Å²) in [5.41, 5.74) is 0. The minimum Gasteiger partial charge on any atom is -0.465 e. The van der Waals surface area contributed by atoms with E-state index in [0.717, 1.165) is 38.5 Å². The number of esters is 2. The standard InChI is InChI=1S/C19H34O4/c1-4-5-6-7-8-13-22-18(20)16-9-11-17(12-10-16)19(21)23-14-15(2)3/h15-17H,4-14H2,1-3H3. The molecule has 1 rings (SSSR count). The van der Waals surface area contributed by atoms with Crippen LogP contribution in [-0.2, 0) is 19.1 Å². The topological polar surface area (TPSA) is 52.6 Å². The molecular formula is C19H34O4. The number of hydrogen-bond acceptors (Lipinski definition) is 4. The van der Waals surface area contributed by atoms with Gasteiger partial charge in [0.25, 0.3) is 0 Å².